The molecule has 11 heteroatoms. The Morgan fingerprint density at radius 1 is 0.667 bits per heavy atom. The highest BCUT2D eigenvalue weighted by Crippen LogP contribution is 2.20. The summed E-state index contributed by atoms with van der Waals surface area (Å²) in [7, 11) is 0. The van der Waals surface area contributed by atoms with Crippen molar-refractivity contribution in [1.82, 2.24) is 0 Å². The summed E-state index contributed by atoms with van der Waals surface area (Å²) >= 11 is 3.47. The number of hydrogen-bond acceptors (Lipinski definition) is 11. The summed E-state index contributed by atoms with van der Waals surface area (Å²) in [6.45, 7) is 0.305. The van der Waals surface area contributed by atoms with Gasteiger partial charge in [0.05, 0.1) is 25.4 Å². The van der Waals surface area contributed by atoms with Crippen LogP contribution in [0.4, 0.5) is 0 Å². The Morgan fingerprint density at radius 3 is 1.81 bits per heavy atom. The zero-order chi connectivity index (χ0) is 26.2. The zero-order valence-electron chi connectivity index (χ0n) is 21.3. The molecule has 0 aromatic carbocycles. The van der Waals surface area contributed by atoms with Crippen LogP contribution in [0.3, 0.4) is 0 Å². The molecule has 0 aromatic rings. The van der Waals surface area contributed by atoms with Crippen LogP contribution in [0.2, 0.25) is 0 Å². The van der Waals surface area contributed by atoms with E-state index in [4.69, 9.17) is 25.0 Å². The zero-order valence-corrected chi connectivity index (χ0v) is 22.9. The van der Waals surface area contributed by atoms with Gasteiger partial charge >= 0.3 is 0 Å². The highest BCUT2D eigenvalue weighted by atomic mass is 32.2. The molecule has 2 heterocycles. The number of rotatable bonds is 19. The van der Waals surface area contributed by atoms with E-state index >= 15 is 0 Å². The lowest BCUT2D eigenvalue weighted by Gasteiger charge is -2.30. The minimum Gasteiger partial charge on any atom is -0.390 e. The van der Waals surface area contributed by atoms with E-state index in [1.54, 1.807) is 23.5 Å². The molecule has 0 amide bonds. The summed E-state index contributed by atoms with van der Waals surface area (Å²) < 4.78 is 16.0. The Labute approximate surface area is 224 Å². The maximum Gasteiger partial charge on any atom is 0.186 e. The molecule has 2 aliphatic heterocycles. The maximum atomic E-state index is 9.69. The molecule has 0 bridgehead atoms. The van der Waals surface area contributed by atoms with Crippen LogP contribution in [-0.2, 0) is 14.2 Å². The van der Waals surface area contributed by atoms with Crippen LogP contribution in [0.25, 0.3) is 0 Å². The third-order valence-electron chi connectivity index (χ3n) is 6.32. The lowest BCUT2D eigenvalue weighted by Crippen LogP contribution is -2.44. The molecule has 210 valence electrons. The predicted molar refractivity (Wildman–Crippen MR) is 145 cm³/mol. The third-order valence-corrected chi connectivity index (χ3v) is 8.59. The van der Waals surface area contributed by atoms with E-state index in [0.717, 1.165) is 92.9 Å². The highest BCUT2D eigenvalue weighted by molar-refractivity contribution is 7.99. The minimum absolute atomic E-state index is 0.0112. The second-order valence-electron chi connectivity index (χ2n) is 9.66. The van der Waals surface area contributed by atoms with E-state index in [-0.39, 0.29) is 19.3 Å². The quantitative estimate of drug-likeness (QED) is 0.105. The molecule has 9 nitrogen and oxygen atoms in total. The summed E-state index contributed by atoms with van der Waals surface area (Å²) in [5.41, 5.74) is 1.62. The van der Waals surface area contributed by atoms with Crippen LogP contribution < -0.4 is 0 Å². The van der Waals surface area contributed by atoms with Gasteiger partial charge in [0.1, 0.15) is 12.2 Å². The Bertz CT molecular complexity index is 579. The second kappa shape index (κ2) is 18.9. The Morgan fingerprint density at radius 2 is 1.22 bits per heavy atom. The Hall–Kier alpha value is -0.240. The van der Waals surface area contributed by atoms with Gasteiger partial charge < -0.3 is 45.5 Å². The van der Waals surface area contributed by atoms with E-state index in [1.165, 1.54) is 0 Å². The van der Waals surface area contributed by atoms with Gasteiger partial charge in [0.25, 0.3) is 0 Å². The number of hydrogen-bond donors (Lipinski definition) is 6. The molecule has 0 aliphatic carbocycles. The lowest BCUT2D eigenvalue weighted by molar-refractivity contribution is -0.300. The molecule has 0 spiro atoms. The molecule has 2 aliphatic rings. The number of nitrogens with one attached hydrogen (secondary N) is 2. The fourth-order valence-electron chi connectivity index (χ4n) is 4.07. The van der Waals surface area contributed by atoms with Crippen LogP contribution in [0.15, 0.2) is 0 Å². The smallest absolute Gasteiger partial charge is 0.186 e. The first-order valence-electron chi connectivity index (χ1n) is 13.2. The Kier molecular flexibility index (Phi) is 16.8. The fourth-order valence-corrected chi connectivity index (χ4v) is 5.96. The van der Waals surface area contributed by atoms with Crippen molar-refractivity contribution in [3.8, 4) is 0 Å². The summed E-state index contributed by atoms with van der Waals surface area (Å²) in [6.07, 6.45) is 6.01. The van der Waals surface area contributed by atoms with Crippen LogP contribution in [0, 0.1) is 10.8 Å². The molecular formula is C25H46N2O7S2. The Balaban J connectivity index is 1.32. The lowest BCUT2D eigenvalue weighted by atomic mass is 10.0. The fraction of sp³-hybridized carbons (Fsp3) is 0.920. The van der Waals surface area contributed by atoms with Crippen molar-refractivity contribution in [2.45, 2.75) is 108 Å². The van der Waals surface area contributed by atoms with Crippen LogP contribution in [0.5, 0.6) is 0 Å². The van der Waals surface area contributed by atoms with Crippen molar-refractivity contribution in [2.24, 2.45) is 0 Å². The predicted octanol–water partition coefficient (Wildman–Crippen LogP) is 2.96. The van der Waals surface area contributed by atoms with Crippen molar-refractivity contribution in [1.29, 1.82) is 10.8 Å². The molecule has 0 aromatic heterocycles. The summed E-state index contributed by atoms with van der Waals surface area (Å²) in [5.74, 6) is 3.33. The van der Waals surface area contributed by atoms with Gasteiger partial charge in [-0.1, -0.05) is 12.8 Å². The first-order valence-corrected chi connectivity index (χ1v) is 15.5. The summed E-state index contributed by atoms with van der Waals surface area (Å²) in [5, 5.41) is 54.3. The van der Waals surface area contributed by atoms with Crippen LogP contribution >= 0.6 is 23.5 Å². The van der Waals surface area contributed by atoms with Gasteiger partial charge in [-0.3, -0.25) is 0 Å². The van der Waals surface area contributed by atoms with Gasteiger partial charge in [-0.15, -0.1) is 0 Å². The van der Waals surface area contributed by atoms with Crippen LogP contribution in [0.1, 0.15) is 70.6 Å². The monoisotopic (exact) mass is 550 g/mol. The summed E-state index contributed by atoms with van der Waals surface area (Å²) in [6, 6.07) is 0. The first kappa shape index (κ1) is 32.0. The largest absolute Gasteiger partial charge is 0.390 e. The van der Waals surface area contributed by atoms with Gasteiger partial charge in [-0.2, -0.15) is 23.5 Å². The molecule has 6 N–H and O–H groups in total. The molecule has 36 heavy (non-hydrogen) atoms. The van der Waals surface area contributed by atoms with Crippen molar-refractivity contribution < 1.29 is 34.6 Å². The molecule has 2 fully saturated rings. The third kappa shape index (κ3) is 14.1. The molecule has 0 radical (unpaired) electrons. The average Bonchev–Trinajstić information content (AvgIpc) is 2.85. The van der Waals surface area contributed by atoms with Gasteiger partial charge in [-0.25, -0.2) is 0 Å². The van der Waals surface area contributed by atoms with Crippen molar-refractivity contribution in [3.05, 3.63) is 0 Å². The SMILES string of the molecule is N=C(CCCCCCC(=N)CCCSCC1OCC(O)C(O)O1)CCCSCC1CC(O)C(O)CO1. The molecule has 2 saturated heterocycles. The number of aliphatic hydroxyl groups is 4. The van der Waals surface area contributed by atoms with E-state index in [2.05, 4.69) is 0 Å². The molecular weight excluding hydrogens is 504 g/mol. The number of aliphatic hydroxyl groups excluding tert-OH is 4. The number of ether oxygens (including phenoxy) is 3. The minimum atomic E-state index is -1.17. The molecule has 6 atom stereocenters. The average molecular weight is 551 g/mol. The first-order chi connectivity index (χ1) is 17.3. The van der Waals surface area contributed by atoms with Gasteiger partial charge in [0.2, 0.25) is 0 Å². The highest BCUT2D eigenvalue weighted by Gasteiger charge is 2.29. The van der Waals surface area contributed by atoms with Crippen LogP contribution in [-0.4, -0.2) is 105 Å². The molecule has 6 unspecified atom stereocenters. The standard InChI is InChI=1S/C25H46N2O7S2/c26-18(9-5-11-35-16-20-13-21(28)22(29)14-32-20)7-3-1-2-4-8-19(27)10-6-12-36-17-24-33-15-23(30)25(31)34-24/h20-31H,1-17H2. The van der Waals surface area contributed by atoms with Gasteiger partial charge in [-0.05, 0) is 62.9 Å². The van der Waals surface area contributed by atoms with E-state index in [0.29, 0.717) is 12.2 Å². The van der Waals surface area contributed by atoms with Gasteiger partial charge in [0.15, 0.2) is 12.6 Å². The summed E-state index contributed by atoms with van der Waals surface area (Å²) in [4.78, 5) is 0. The molecule has 0 saturated carbocycles. The topological polar surface area (TPSA) is 156 Å². The second-order valence-corrected chi connectivity index (χ2v) is 12.0. The maximum absolute atomic E-state index is 9.69. The van der Waals surface area contributed by atoms with E-state index < -0.39 is 30.9 Å². The van der Waals surface area contributed by atoms with Gasteiger partial charge in [0, 0.05) is 29.3 Å². The number of unbranched alkanes of at least 4 members (excludes halogenated alkanes) is 3. The van der Waals surface area contributed by atoms with Crippen molar-refractivity contribution >= 4 is 34.9 Å². The van der Waals surface area contributed by atoms with E-state index in [1.807, 2.05) is 0 Å². The van der Waals surface area contributed by atoms with E-state index in [9.17, 15) is 20.4 Å². The normalized spacial score (nSPS) is 28.8. The van der Waals surface area contributed by atoms with Crippen molar-refractivity contribution in [3.63, 3.8) is 0 Å². The number of thioether (sulfide) groups is 2. The van der Waals surface area contributed by atoms with Crippen molar-refractivity contribution in [2.75, 3.05) is 36.2 Å². The molecule has 2 rings (SSSR count).